The predicted octanol–water partition coefficient (Wildman–Crippen LogP) is 1.90. The highest BCUT2D eigenvalue weighted by molar-refractivity contribution is 5.54. The molecule has 0 aliphatic heterocycles. The van der Waals surface area contributed by atoms with Crippen LogP contribution < -0.4 is 0 Å². The molecular formula is C9H6F3N3. The number of hydrogen-bond acceptors (Lipinski definition) is 2. The van der Waals surface area contributed by atoms with E-state index in [0.29, 0.717) is 0 Å². The summed E-state index contributed by atoms with van der Waals surface area (Å²) in [5.74, 6) is -3.85. The molecule has 0 unspecified atom stereocenters. The van der Waals surface area contributed by atoms with Crippen LogP contribution in [0, 0.1) is 17.5 Å². The van der Waals surface area contributed by atoms with Gasteiger partial charge in [0.05, 0.1) is 0 Å². The third-order valence-corrected chi connectivity index (χ3v) is 1.84. The summed E-state index contributed by atoms with van der Waals surface area (Å²) in [6, 6.07) is 1.71. The van der Waals surface area contributed by atoms with Crippen LogP contribution in [0.1, 0.15) is 0 Å². The summed E-state index contributed by atoms with van der Waals surface area (Å²) >= 11 is 0. The molecule has 0 amide bonds. The molecule has 78 valence electrons. The first-order valence-electron chi connectivity index (χ1n) is 4.08. The molecule has 3 nitrogen and oxygen atoms in total. The third kappa shape index (κ3) is 1.70. The molecule has 6 heteroatoms. The summed E-state index contributed by atoms with van der Waals surface area (Å²) in [6.45, 7) is 0. The van der Waals surface area contributed by atoms with E-state index in [1.165, 1.54) is 11.0 Å². The van der Waals surface area contributed by atoms with Gasteiger partial charge < -0.3 is 0 Å². The predicted molar refractivity (Wildman–Crippen MR) is 46.3 cm³/mol. The molecule has 0 aliphatic rings. The van der Waals surface area contributed by atoms with Gasteiger partial charge in [-0.25, -0.2) is 18.2 Å². The monoisotopic (exact) mass is 213 g/mol. The van der Waals surface area contributed by atoms with E-state index in [-0.39, 0.29) is 11.4 Å². The second kappa shape index (κ2) is 3.38. The van der Waals surface area contributed by atoms with Crippen molar-refractivity contribution >= 4 is 0 Å². The van der Waals surface area contributed by atoms with Crippen molar-refractivity contribution < 1.29 is 13.2 Å². The highest BCUT2D eigenvalue weighted by atomic mass is 19.2. The molecule has 2 aromatic rings. The van der Waals surface area contributed by atoms with Gasteiger partial charge in [0.1, 0.15) is 6.33 Å². The van der Waals surface area contributed by atoms with E-state index in [2.05, 4.69) is 10.1 Å². The van der Waals surface area contributed by atoms with Crippen molar-refractivity contribution in [1.82, 2.24) is 14.8 Å². The van der Waals surface area contributed by atoms with Gasteiger partial charge in [-0.2, -0.15) is 5.10 Å². The second-order valence-electron chi connectivity index (χ2n) is 3.00. The van der Waals surface area contributed by atoms with E-state index in [1.54, 1.807) is 7.05 Å². The topological polar surface area (TPSA) is 30.7 Å². The lowest BCUT2D eigenvalue weighted by Gasteiger charge is -1.98. The Bertz CT molecular complexity index is 484. The second-order valence-corrected chi connectivity index (χ2v) is 3.00. The van der Waals surface area contributed by atoms with Crippen LogP contribution in [0.5, 0.6) is 0 Å². The van der Waals surface area contributed by atoms with E-state index in [4.69, 9.17) is 0 Å². The maximum Gasteiger partial charge on any atom is 0.194 e. The van der Waals surface area contributed by atoms with Crippen LogP contribution in [-0.4, -0.2) is 14.8 Å². The van der Waals surface area contributed by atoms with Crippen LogP contribution >= 0.6 is 0 Å². The Hall–Kier alpha value is -1.85. The quantitative estimate of drug-likeness (QED) is 0.677. The van der Waals surface area contributed by atoms with Gasteiger partial charge in [-0.15, -0.1) is 0 Å². The molecule has 1 aromatic carbocycles. The highest BCUT2D eigenvalue weighted by Gasteiger charge is 2.13. The molecule has 0 spiro atoms. The van der Waals surface area contributed by atoms with E-state index in [0.717, 1.165) is 12.1 Å². The summed E-state index contributed by atoms with van der Waals surface area (Å²) in [6.07, 6.45) is 1.38. The van der Waals surface area contributed by atoms with Crippen molar-refractivity contribution in [3.05, 3.63) is 35.9 Å². The van der Waals surface area contributed by atoms with Crippen molar-refractivity contribution in [2.45, 2.75) is 0 Å². The largest absolute Gasteiger partial charge is 0.255 e. The Morgan fingerprint density at radius 1 is 1.13 bits per heavy atom. The summed E-state index contributed by atoms with van der Waals surface area (Å²) in [7, 11) is 1.62. The van der Waals surface area contributed by atoms with Crippen molar-refractivity contribution in [1.29, 1.82) is 0 Å². The summed E-state index contributed by atoms with van der Waals surface area (Å²) in [5, 5.41) is 3.84. The molecule has 0 fully saturated rings. The van der Waals surface area contributed by atoms with Gasteiger partial charge in [-0.1, -0.05) is 0 Å². The fraction of sp³-hybridized carbons (Fsp3) is 0.111. The number of rotatable bonds is 1. The van der Waals surface area contributed by atoms with Crippen molar-refractivity contribution in [3.63, 3.8) is 0 Å². The first-order chi connectivity index (χ1) is 7.08. The maximum absolute atomic E-state index is 12.9. The number of aryl methyl sites for hydroxylation is 1. The van der Waals surface area contributed by atoms with Crippen LogP contribution in [-0.2, 0) is 7.05 Å². The van der Waals surface area contributed by atoms with Crippen LogP contribution in [0.15, 0.2) is 18.5 Å². The van der Waals surface area contributed by atoms with Crippen molar-refractivity contribution in [3.8, 4) is 11.4 Å². The zero-order chi connectivity index (χ0) is 11.0. The summed E-state index contributed by atoms with van der Waals surface area (Å²) in [5.41, 5.74) is 0.104. The first kappa shape index (κ1) is 9.70. The van der Waals surface area contributed by atoms with E-state index >= 15 is 0 Å². The SMILES string of the molecule is Cn1cnc(-c2cc(F)c(F)c(F)c2)n1. The zero-order valence-electron chi connectivity index (χ0n) is 7.71. The van der Waals surface area contributed by atoms with E-state index in [9.17, 15) is 13.2 Å². The molecular weight excluding hydrogens is 207 g/mol. The molecule has 1 aromatic heterocycles. The standard InChI is InChI=1S/C9H6F3N3/c1-15-4-13-9(14-15)5-2-6(10)8(12)7(11)3-5/h2-4H,1H3. The molecule has 2 rings (SSSR count). The molecule has 0 atom stereocenters. The minimum Gasteiger partial charge on any atom is -0.255 e. The molecule has 1 heterocycles. The number of nitrogens with zero attached hydrogens (tertiary/aromatic N) is 3. The van der Waals surface area contributed by atoms with Crippen LogP contribution in [0.4, 0.5) is 13.2 Å². The Morgan fingerprint density at radius 3 is 2.20 bits per heavy atom. The van der Waals surface area contributed by atoms with Crippen LogP contribution in [0.2, 0.25) is 0 Å². The van der Waals surface area contributed by atoms with Crippen molar-refractivity contribution in [2.24, 2.45) is 7.05 Å². The average molecular weight is 213 g/mol. The third-order valence-electron chi connectivity index (χ3n) is 1.84. The lowest BCUT2D eigenvalue weighted by Crippen LogP contribution is -1.93. The van der Waals surface area contributed by atoms with Gasteiger partial charge in [0.15, 0.2) is 23.3 Å². The van der Waals surface area contributed by atoms with Crippen LogP contribution in [0.3, 0.4) is 0 Å². The van der Waals surface area contributed by atoms with Crippen LogP contribution in [0.25, 0.3) is 11.4 Å². The Morgan fingerprint density at radius 2 is 1.73 bits per heavy atom. The number of benzene rings is 1. The molecule has 0 saturated heterocycles. The normalized spacial score (nSPS) is 10.7. The molecule has 0 N–H and O–H groups in total. The molecule has 0 aliphatic carbocycles. The van der Waals surface area contributed by atoms with E-state index < -0.39 is 17.5 Å². The maximum atomic E-state index is 12.9. The van der Waals surface area contributed by atoms with Gasteiger partial charge in [0.2, 0.25) is 0 Å². The number of aromatic nitrogens is 3. The smallest absolute Gasteiger partial charge is 0.194 e. The lowest BCUT2D eigenvalue weighted by atomic mass is 10.2. The minimum absolute atomic E-state index is 0.104. The Balaban J connectivity index is 2.55. The molecule has 15 heavy (non-hydrogen) atoms. The highest BCUT2D eigenvalue weighted by Crippen LogP contribution is 2.20. The fourth-order valence-corrected chi connectivity index (χ4v) is 1.16. The van der Waals surface area contributed by atoms with Crippen molar-refractivity contribution in [2.75, 3.05) is 0 Å². The minimum atomic E-state index is -1.49. The number of hydrogen-bond donors (Lipinski definition) is 0. The molecule has 0 saturated carbocycles. The van der Waals surface area contributed by atoms with Gasteiger partial charge in [0.25, 0.3) is 0 Å². The first-order valence-corrected chi connectivity index (χ1v) is 4.08. The molecule has 0 radical (unpaired) electrons. The zero-order valence-corrected chi connectivity index (χ0v) is 7.71. The average Bonchev–Trinajstić information content (AvgIpc) is 2.60. The Labute approximate surface area is 83.2 Å². The van der Waals surface area contributed by atoms with Gasteiger partial charge in [-0.05, 0) is 12.1 Å². The molecule has 0 bridgehead atoms. The lowest BCUT2D eigenvalue weighted by molar-refractivity contribution is 0.447. The summed E-state index contributed by atoms with van der Waals surface area (Å²) < 4.78 is 39.7. The fourth-order valence-electron chi connectivity index (χ4n) is 1.16. The van der Waals surface area contributed by atoms with Gasteiger partial charge in [0, 0.05) is 12.6 Å². The number of halogens is 3. The van der Waals surface area contributed by atoms with Gasteiger partial charge in [-0.3, -0.25) is 4.68 Å². The van der Waals surface area contributed by atoms with Gasteiger partial charge >= 0.3 is 0 Å². The summed E-state index contributed by atoms with van der Waals surface area (Å²) in [4.78, 5) is 3.79. The Kier molecular flexibility index (Phi) is 2.18. The van der Waals surface area contributed by atoms with E-state index in [1.807, 2.05) is 0 Å².